The number of aliphatic hydroxyl groups is 1. The standard InChI is InChI=1S/C76H147N2O6P/c1-6-8-10-12-14-16-18-20-22-24-26-28-30-32-34-36-38-40-41-43-45-47-49-51-53-55-57-59-61-63-65-67-69-75(79)74(73-84-85(81,82)83-72-71-78(3,4)5)77-76(80)70-68-66-64-62-60-58-56-54-52-50-48-46-44-42-39-37-35-33-31-29-27-25-23-21-19-17-15-13-11-9-7-2/h25,27,51,53,59,61,67,69,74-75,79H,6-24,26,28-50,52,54-58,60,62-66,68,70-73H2,1-5H3,(H-,77,80,81,82)/p+1/b27-25-,53-51+,61-59+,69-67+. The molecule has 0 aliphatic carbocycles. The summed E-state index contributed by atoms with van der Waals surface area (Å²) < 4.78 is 23.8. The van der Waals surface area contributed by atoms with Crippen LogP contribution in [0.5, 0.6) is 0 Å². The number of allylic oxidation sites excluding steroid dienone is 7. The Bertz CT molecular complexity index is 1530. The summed E-state index contributed by atoms with van der Waals surface area (Å²) in [5.41, 5.74) is 0. The quantitative estimate of drug-likeness (QED) is 0.0243. The first-order valence-corrected chi connectivity index (χ1v) is 39.0. The molecule has 0 aromatic carbocycles. The first kappa shape index (κ1) is 83.5. The molecule has 9 heteroatoms. The Hall–Kier alpha value is -1.54. The monoisotopic (exact) mass is 1220 g/mol. The molecule has 0 aromatic rings. The molecule has 0 spiro atoms. The van der Waals surface area contributed by atoms with Gasteiger partial charge in [-0.05, 0) is 70.6 Å². The number of carbonyl (C=O) groups excluding carboxylic acids is 1. The number of nitrogens with zero attached hydrogens (tertiary/aromatic N) is 1. The second kappa shape index (κ2) is 66.9. The van der Waals surface area contributed by atoms with Crippen molar-refractivity contribution in [3.05, 3.63) is 48.6 Å². The van der Waals surface area contributed by atoms with E-state index in [0.29, 0.717) is 17.4 Å². The molecule has 0 saturated heterocycles. The molecule has 0 fully saturated rings. The molecule has 0 aliphatic rings. The first-order valence-electron chi connectivity index (χ1n) is 37.5. The maximum absolute atomic E-state index is 13.1. The number of aliphatic hydroxyl groups excluding tert-OH is 1. The Morgan fingerprint density at radius 2 is 0.647 bits per heavy atom. The fourth-order valence-electron chi connectivity index (χ4n) is 11.4. The van der Waals surface area contributed by atoms with Crippen LogP contribution in [0.3, 0.4) is 0 Å². The summed E-state index contributed by atoms with van der Waals surface area (Å²) in [7, 11) is 1.56. The number of hydrogen-bond donors (Lipinski definition) is 3. The number of unbranched alkanes of at least 4 members (excludes halogenated alkanes) is 51. The molecule has 0 radical (unpaired) electrons. The number of likely N-dealkylation sites (N-methyl/N-ethyl adjacent to an activating group) is 1. The zero-order chi connectivity index (χ0) is 61.9. The van der Waals surface area contributed by atoms with Crippen molar-refractivity contribution in [1.29, 1.82) is 0 Å². The molecule has 0 aromatic heterocycles. The van der Waals surface area contributed by atoms with E-state index in [9.17, 15) is 19.4 Å². The van der Waals surface area contributed by atoms with Gasteiger partial charge in [-0.1, -0.05) is 351 Å². The van der Waals surface area contributed by atoms with Gasteiger partial charge in [0, 0.05) is 6.42 Å². The number of quaternary nitrogens is 1. The van der Waals surface area contributed by atoms with Crippen molar-refractivity contribution in [3.8, 4) is 0 Å². The normalized spacial score (nSPS) is 13.8. The molecule has 1 amide bonds. The number of amides is 1. The van der Waals surface area contributed by atoms with E-state index in [1.54, 1.807) is 6.08 Å². The van der Waals surface area contributed by atoms with Crippen LogP contribution in [-0.4, -0.2) is 73.4 Å². The molecule has 0 bridgehead atoms. The lowest BCUT2D eigenvalue weighted by molar-refractivity contribution is -0.870. The number of hydrogen-bond acceptors (Lipinski definition) is 5. The van der Waals surface area contributed by atoms with Crippen molar-refractivity contribution in [2.24, 2.45) is 0 Å². The van der Waals surface area contributed by atoms with Gasteiger partial charge in [0.05, 0.1) is 39.9 Å². The molecular weight excluding hydrogens is 1070 g/mol. The van der Waals surface area contributed by atoms with Crippen molar-refractivity contribution >= 4 is 13.7 Å². The predicted molar refractivity (Wildman–Crippen MR) is 374 cm³/mol. The molecule has 3 atom stereocenters. The number of phosphoric acid groups is 1. The maximum atomic E-state index is 13.1. The van der Waals surface area contributed by atoms with E-state index < -0.39 is 20.0 Å². The lowest BCUT2D eigenvalue weighted by Crippen LogP contribution is -2.45. The van der Waals surface area contributed by atoms with Gasteiger partial charge in [-0.3, -0.25) is 13.8 Å². The van der Waals surface area contributed by atoms with Gasteiger partial charge in [-0.25, -0.2) is 4.57 Å². The Morgan fingerprint density at radius 1 is 0.388 bits per heavy atom. The Morgan fingerprint density at radius 3 is 0.941 bits per heavy atom. The summed E-state index contributed by atoms with van der Waals surface area (Å²) in [5, 5.41) is 14.0. The van der Waals surface area contributed by atoms with Gasteiger partial charge < -0.3 is 19.8 Å². The van der Waals surface area contributed by atoms with Gasteiger partial charge in [-0.15, -0.1) is 0 Å². The van der Waals surface area contributed by atoms with E-state index in [0.717, 1.165) is 44.9 Å². The van der Waals surface area contributed by atoms with Crippen molar-refractivity contribution in [2.45, 2.75) is 392 Å². The van der Waals surface area contributed by atoms with Crippen molar-refractivity contribution < 1.29 is 32.9 Å². The summed E-state index contributed by atoms with van der Waals surface area (Å²) in [4.78, 5) is 23.4. The van der Waals surface area contributed by atoms with Crippen LogP contribution >= 0.6 is 7.82 Å². The number of rotatable bonds is 70. The number of carbonyl (C=O) groups is 1. The molecule has 0 heterocycles. The molecule has 3 unspecified atom stereocenters. The van der Waals surface area contributed by atoms with E-state index in [1.807, 2.05) is 27.2 Å². The van der Waals surface area contributed by atoms with Crippen LogP contribution in [0.1, 0.15) is 380 Å². The van der Waals surface area contributed by atoms with Crippen molar-refractivity contribution in [3.63, 3.8) is 0 Å². The lowest BCUT2D eigenvalue weighted by atomic mass is 10.0. The predicted octanol–water partition coefficient (Wildman–Crippen LogP) is 24.2. The van der Waals surface area contributed by atoms with E-state index in [1.165, 1.54) is 315 Å². The largest absolute Gasteiger partial charge is 0.472 e. The second-order valence-electron chi connectivity index (χ2n) is 27.0. The van der Waals surface area contributed by atoms with E-state index >= 15 is 0 Å². The fraction of sp³-hybridized carbons (Fsp3) is 0.882. The third-order valence-corrected chi connectivity index (χ3v) is 18.2. The number of nitrogens with one attached hydrogen (secondary N) is 1. The van der Waals surface area contributed by atoms with Gasteiger partial charge >= 0.3 is 7.82 Å². The summed E-state index contributed by atoms with van der Waals surface area (Å²) >= 11 is 0. The summed E-state index contributed by atoms with van der Waals surface area (Å²) in [6.07, 6.45) is 91.5. The molecule has 8 nitrogen and oxygen atoms in total. The van der Waals surface area contributed by atoms with Crippen molar-refractivity contribution in [2.75, 3.05) is 40.9 Å². The highest BCUT2D eigenvalue weighted by Crippen LogP contribution is 2.43. The average molecular weight is 1220 g/mol. The molecule has 85 heavy (non-hydrogen) atoms. The highest BCUT2D eigenvalue weighted by Gasteiger charge is 2.28. The van der Waals surface area contributed by atoms with Crippen LogP contribution in [0.4, 0.5) is 0 Å². The smallest absolute Gasteiger partial charge is 0.387 e. The molecule has 502 valence electrons. The minimum atomic E-state index is -4.37. The summed E-state index contributed by atoms with van der Waals surface area (Å²) in [6.45, 7) is 4.84. The second-order valence-corrected chi connectivity index (χ2v) is 28.5. The van der Waals surface area contributed by atoms with Crippen LogP contribution in [0.15, 0.2) is 48.6 Å². The molecule has 0 saturated carbocycles. The molecule has 0 aliphatic heterocycles. The SMILES string of the molecule is CCCCCCCCCC/C=C\CCCCCCCCCCCCCCCCCCCCCC(=O)NC(COP(=O)(O)OCC[N+](C)(C)C)C(O)/C=C/CC/C=C/CC/C=C/CCCCCCCCCCCCCCCCCCCCCCCC. The van der Waals surface area contributed by atoms with Gasteiger partial charge in [0.15, 0.2) is 0 Å². The van der Waals surface area contributed by atoms with Crippen LogP contribution in [0.25, 0.3) is 0 Å². The van der Waals surface area contributed by atoms with Crippen LogP contribution < -0.4 is 5.32 Å². The Kier molecular flexibility index (Phi) is 65.7. The zero-order valence-corrected chi connectivity index (χ0v) is 58.5. The van der Waals surface area contributed by atoms with Gasteiger partial charge in [-0.2, -0.15) is 0 Å². The van der Waals surface area contributed by atoms with Gasteiger partial charge in [0.1, 0.15) is 13.2 Å². The Balaban J connectivity index is 4.06. The van der Waals surface area contributed by atoms with Crippen molar-refractivity contribution in [1.82, 2.24) is 5.32 Å². The highest BCUT2D eigenvalue weighted by molar-refractivity contribution is 7.47. The van der Waals surface area contributed by atoms with E-state index in [4.69, 9.17) is 9.05 Å². The molecule has 0 rings (SSSR count). The van der Waals surface area contributed by atoms with Crippen LogP contribution in [0, 0.1) is 0 Å². The molecular formula is C76H148N2O6P+. The topological polar surface area (TPSA) is 105 Å². The minimum Gasteiger partial charge on any atom is -0.387 e. The third kappa shape index (κ3) is 69.8. The maximum Gasteiger partial charge on any atom is 0.472 e. The summed E-state index contributed by atoms with van der Waals surface area (Å²) in [5.74, 6) is -0.184. The van der Waals surface area contributed by atoms with E-state index in [2.05, 4.69) is 55.6 Å². The van der Waals surface area contributed by atoms with E-state index in [-0.39, 0.29) is 19.1 Å². The lowest BCUT2D eigenvalue weighted by Gasteiger charge is -2.25. The molecule has 3 N–H and O–H groups in total. The average Bonchev–Trinajstić information content (AvgIpc) is 3.49. The van der Waals surface area contributed by atoms with Crippen LogP contribution in [0.2, 0.25) is 0 Å². The fourth-order valence-corrected chi connectivity index (χ4v) is 12.2. The highest BCUT2D eigenvalue weighted by atomic mass is 31.2. The first-order chi connectivity index (χ1) is 41.5. The summed E-state index contributed by atoms with van der Waals surface area (Å²) in [6, 6.07) is -0.872. The van der Waals surface area contributed by atoms with Gasteiger partial charge in [0.2, 0.25) is 5.91 Å². The number of phosphoric ester groups is 1. The third-order valence-electron chi connectivity index (χ3n) is 17.2. The van der Waals surface area contributed by atoms with Gasteiger partial charge in [0.25, 0.3) is 0 Å². The minimum absolute atomic E-state index is 0.0544. The van der Waals surface area contributed by atoms with Crippen LogP contribution in [-0.2, 0) is 18.4 Å². The Labute approximate surface area is 530 Å². The zero-order valence-electron chi connectivity index (χ0n) is 57.6.